The highest BCUT2D eigenvalue weighted by Gasteiger charge is 2.31. The Morgan fingerprint density at radius 1 is 1.19 bits per heavy atom. The van der Waals surface area contributed by atoms with Crippen molar-refractivity contribution in [2.24, 2.45) is 7.05 Å². The lowest BCUT2D eigenvalue weighted by Gasteiger charge is -2.22. The molecule has 0 fully saturated rings. The zero-order chi connectivity index (χ0) is 22.1. The average Bonchev–Trinajstić information content (AvgIpc) is 3.18. The summed E-state index contributed by atoms with van der Waals surface area (Å²) in [7, 11) is 3.27. The van der Waals surface area contributed by atoms with E-state index in [0.717, 1.165) is 5.69 Å². The summed E-state index contributed by atoms with van der Waals surface area (Å²) in [5, 5.41) is 6.78. The van der Waals surface area contributed by atoms with Crippen molar-refractivity contribution in [1.82, 2.24) is 24.6 Å². The summed E-state index contributed by atoms with van der Waals surface area (Å²) in [6.45, 7) is 0.126. The van der Waals surface area contributed by atoms with E-state index >= 15 is 0 Å². The quantitative estimate of drug-likeness (QED) is 0.670. The van der Waals surface area contributed by atoms with Crippen molar-refractivity contribution in [2.45, 2.75) is 25.4 Å². The summed E-state index contributed by atoms with van der Waals surface area (Å²) >= 11 is 0. The van der Waals surface area contributed by atoms with Gasteiger partial charge in [0.2, 0.25) is 11.7 Å². The second-order valence-electron chi connectivity index (χ2n) is 7.38. The number of likely N-dealkylation sites (N-methyl/N-ethyl adjacent to an activating group) is 1. The van der Waals surface area contributed by atoms with Crippen LogP contribution in [-0.4, -0.2) is 44.2 Å². The second kappa shape index (κ2) is 8.13. The number of rotatable bonds is 4. The number of halogens is 1. The molecule has 0 saturated heterocycles. The van der Waals surface area contributed by atoms with Crippen LogP contribution in [0.2, 0.25) is 0 Å². The SMILES string of the molecule is CN1C(=O)C(NC(=O)c2ncn(Cc3ccccc3F)n2)CCc2c1ccc(=O)n2C. The van der Waals surface area contributed by atoms with Gasteiger partial charge in [0.1, 0.15) is 18.2 Å². The number of pyridine rings is 1. The van der Waals surface area contributed by atoms with E-state index in [1.165, 1.54) is 32.6 Å². The van der Waals surface area contributed by atoms with E-state index in [1.54, 1.807) is 38.4 Å². The van der Waals surface area contributed by atoms with Crippen molar-refractivity contribution >= 4 is 17.5 Å². The molecule has 2 aromatic heterocycles. The molecule has 1 aliphatic heterocycles. The smallest absolute Gasteiger partial charge is 0.291 e. The molecule has 10 heteroatoms. The molecule has 1 N–H and O–H groups in total. The molecular formula is C21H21FN6O3. The molecule has 1 unspecified atom stereocenters. The Hall–Kier alpha value is -3.82. The number of hydrogen-bond acceptors (Lipinski definition) is 5. The van der Waals surface area contributed by atoms with Gasteiger partial charge in [0.15, 0.2) is 0 Å². The van der Waals surface area contributed by atoms with Crippen LogP contribution in [0.5, 0.6) is 0 Å². The molecule has 31 heavy (non-hydrogen) atoms. The molecule has 3 aromatic rings. The van der Waals surface area contributed by atoms with Crippen LogP contribution in [0.3, 0.4) is 0 Å². The summed E-state index contributed by atoms with van der Waals surface area (Å²) in [4.78, 5) is 42.9. The van der Waals surface area contributed by atoms with Gasteiger partial charge in [0, 0.05) is 31.4 Å². The molecular weight excluding hydrogens is 403 g/mol. The number of aromatic nitrogens is 4. The Morgan fingerprint density at radius 2 is 1.97 bits per heavy atom. The number of fused-ring (bicyclic) bond motifs is 1. The van der Waals surface area contributed by atoms with Crippen molar-refractivity contribution in [3.8, 4) is 0 Å². The fraction of sp³-hybridized carbons (Fsp3) is 0.286. The Labute approximate surface area is 177 Å². The maximum atomic E-state index is 13.8. The van der Waals surface area contributed by atoms with Gasteiger partial charge in [-0.3, -0.25) is 14.4 Å². The van der Waals surface area contributed by atoms with E-state index in [0.29, 0.717) is 24.1 Å². The van der Waals surface area contributed by atoms with E-state index in [4.69, 9.17) is 0 Å². The summed E-state index contributed by atoms with van der Waals surface area (Å²) in [5.74, 6) is -1.37. The lowest BCUT2D eigenvalue weighted by molar-refractivity contribution is -0.120. The Kier molecular flexibility index (Phi) is 5.37. The molecule has 9 nitrogen and oxygen atoms in total. The van der Waals surface area contributed by atoms with Gasteiger partial charge < -0.3 is 14.8 Å². The third kappa shape index (κ3) is 3.96. The third-order valence-corrected chi connectivity index (χ3v) is 5.41. The van der Waals surface area contributed by atoms with Crippen molar-refractivity contribution < 1.29 is 14.0 Å². The molecule has 1 atom stereocenters. The van der Waals surface area contributed by atoms with Crippen LogP contribution in [-0.2, 0) is 24.8 Å². The summed E-state index contributed by atoms with van der Waals surface area (Å²) in [6, 6.07) is 8.52. The molecule has 2 amide bonds. The lowest BCUT2D eigenvalue weighted by atomic mass is 10.1. The van der Waals surface area contributed by atoms with Gasteiger partial charge in [-0.15, -0.1) is 5.10 Å². The van der Waals surface area contributed by atoms with Gasteiger partial charge in [-0.25, -0.2) is 14.1 Å². The minimum atomic E-state index is -0.793. The minimum absolute atomic E-state index is 0.110. The maximum absolute atomic E-state index is 13.8. The summed E-state index contributed by atoms with van der Waals surface area (Å²) in [5.41, 5.74) is 1.62. The largest absolute Gasteiger partial charge is 0.337 e. The fourth-order valence-electron chi connectivity index (χ4n) is 3.65. The Morgan fingerprint density at radius 3 is 2.74 bits per heavy atom. The van der Waals surface area contributed by atoms with Gasteiger partial charge >= 0.3 is 0 Å². The molecule has 4 rings (SSSR count). The van der Waals surface area contributed by atoms with E-state index < -0.39 is 11.9 Å². The lowest BCUT2D eigenvalue weighted by Crippen LogP contribution is -2.47. The zero-order valence-corrected chi connectivity index (χ0v) is 17.1. The number of nitrogens with one attached hydrogen (secondary N) is 1. The van der Waals surface area contributed by atoms with Gasteiger partial charge in [0.05, 0.1) is 12.2 Å². The van der Waals surface area contributed by atoms with Crippen LogP contribution in [0, 0.1) is 5.82 Å². The highest BCUT2D eigenvalue weighted by atomic mass is 19.1. The topological polar surface area (TPSA) is 102 Å². The van der Waals surface area contributed by atoms with Crippen LogP contribution in [0.4, 0.5) is 10.1 Å². The van der Waals surface area contributed by atoms with Crippen molar-refractivity contribution in [1.29, 1.82) is 0 Å². The highest BCUT2D eigenvalue weighted by molar-refractivity contribution is 6.01. The van der Waals surface area contributed by atoms with E-state index in [1.807, 2.05) is 0 Å². The number of carbonyl (C=O) groups is 2. The number of benzene rings is 1. The molecule has 0 bridgehead atoms. The molecule has 160 valence electrons. The summed E-state index contributed by atoms with van der Waals surface area (Å²) in [6.07, 6.45) is 2.11. The van der Waals surface area contributed by atoms with E-state index in [9.17, 15) is 18.8 Å². The second-order valence-corrected chi connectivity index (χ2v) is 7.38. The molecule has 0 saturated carbocycles. The average molecular weight is 424 g/mol. The van der Waals surface area contributed by atoms with Crippen LogP contribution in [0.25, 0.3) is 0 Å². The van der Waals surface area contributed by atoms with Gasteiger partial charge in [-0.05, 0) is 25.0 Å². The number of carbonyl (C=O) groups excluding carboxylic acids is 2. The standard InChI is InChI=1S/C21H21FN6O3/c1-26-16-8-7-15(21(31)27(2)17(16)9-10-18(26)29)24-20(30)19-23-12-28(25-19)11-13-5-3-4-6-14(13)22/h3-6,9-10,12,15H,7-8,11H2,1-2H3,(H,24,30). The molecule has 0 aliphatic carbocycles. The molecule has 0 spiro atoms. The molecule has 1 aliphatic rings. The van der Waals surface area contributed by atoms with Gasteiger partial charge in [-0.2, -0.15) is 0 Å². The first-order valence-corrected chi connectivity index (χ1v) is 9.75. The van der Waals surface area contributed by atoms with E-state index in [-0.39, 0.29) is 29.7 Å². The number of anilines is 1. The number of amides is 2. The fourth-order valence-corrected chi connectivity index (χ4v) is 3.65. The third-order valence-electron chi connectivity index (χ3n) is 5.41. The number of hydrogen-bond donors (Lipinski definition) is 1. The van der Waals surface area contributed by atoms with Crippen LogP contribution in [0.15, 0.2) is 47.5 Å². The van der Waals surface area contributed by atoms with Crippen LogP contribution in [0.1, 0.15) is 28.3 Å². The Balaban J connectivity index is 1.48. The highest BCUT2D eigenvalue weighted by Crippen LogP contribution is 2.24. The summed E-state index contributed by atoms with van der Waals surface area (Å²) < 4.78 is 16.7. The van der Waals surface area contributed by atoms with Crippen LogP contribution < -0.4 is 15.8 Å². The minimum Gasteiger partial charge on any atom is -0.337 e. The van der Waals surface area contributed by atoms with Crippen molar-refractivity contribution in [2.75, 3.05) is 11.9 Å². The normalized spacial score (nSPS) is 16.0. The first-order chi connectivity index (χ1) is 14.8. The molecule has 0 radical (unpaired) electrons. The van der Waals surface area contributed by atoms with E-state index in [2.05, 4.69) is 15.4 Å². The zero-order valence-electron chi connectivity index (χ0n) is 17.1. The molecule has 3 heterocycles. The van der Waals surface area contributed by atoms with Crippen molar-refractivity contribution in [3.63, 3.8) is 0 Å². The van der Waals surface area contributed by atoms with Gasteiger partial charge in [-0.1, -0.05) is 18.2 Å². The predicted octanol–water partition coefficient (Wildman–Crippen LogP) is 0.872. The Bertz CT molecular complexity index is 1220. The maximum Gasteiger partial charge on any atom is 0.291 e. The monoisotopic (exact) mass is 424 g/mol. The van der Waals surface area contributed by atoms with Gasteiger partial charge in [0.25, 0.3) is 11.5 Å². The number of nitrogens with zero attached hydrogens (tertiary/aromatic N) is 5. The van der Waals surface area contributed by atoms with Crippen molar-refractivity contribution in [3.05, 3.63) is 76.0 Å². The molecule has 1 aromatic carbocycles. The first-order valence-electron chi connectivity index (χ1n) is 9.75. The first kappa shape index (κ1) is 20.5. The van der Waals surface area contributed by atoms with Crippen LogP contribution >= 0.6 is 0 Å². The predicted molar refractivity (Wildman–Crippen MR) is 110 cm³/mol.